The Labute approximate surface area is 123 Å². The van der Waals surface area contributed by atoms with Crippen LogP contribution in [0.25, 0.3) is 0 Å². The van der Waals surface area contributed by atoms with Crippen LogP contribution < -0.4 is 9.47 Å². The number of fused-ring (bicyclic) bond motifs is 1. The van der Waals surface area contributed by atoms with Gasteiger partial charge in [0.15, 0.2) is 0 Å². The highest BCUT2D eigenvalue weighted by molar-refractivity contribution is 5.56. The molecule has 1 atom stereocenters. The highest BCUT2D eigenvalue weighted by Crippen LogP contribution is 2.44. The Kier molecular flexibility index (Phi) is 3.37. The molecular weight excluding hydrogens is 268 g/mol. The van der Waals surface area contributed by atoms with Crippen LogP contribution in [0.15, 0.2) is 30.3 Å². The minimum atomic E-state index is -0.0803. The van der Waals surface area contributed by atoms with Crippen molar-refractivity contribution < 1.29 is 19.7 Å². The fourth-order valence-corrected chi connectivity index (χ4v) is 2.71. The molecule has 4 heteroatoms. The molecule has 2 aromatic rings. The molecule has 2 aromatic carbocycles. The van der Waals surface area contributed by atoms with Crippen molar-refractivity contribution in [1.29, 1.82) is 0 Å². The van der Waals surface area contributed by atoms with E-state index in [0.29, 0.717) is 11.3 Å². The SMILES string of the molecule is COc1ccc(C2CCc3c(O)cc(O)c(C)c3O2)cc1. The predicted octanol–water partition coefficient (Wildman–Crippen LogP) is 3.48. The Hall–Kier alpha value is -2.36. The van der Waals surface area contributed by atoms with Gasteiger partial charge >= 0.3 is 0 Å². The molecule has 0 aromatic heterocycles. The lowest BCUT2D eigenvalue weighted by atomic mass is 9.95. The van der Waals surface area contributed by atoms with Crippen LogP contribution in [-0.4, -0.2) is 17.3 Å². The third-order valence-corrected chi connectivity index (χ3v) is 3.99. The molecule has 0 radical (unpaired) electrons. The predicted molar refractivity (Wildman–Crippen MR) is 79.2 cm³/mol. The van der Waals surface area contributed by atoms with Gasteiger partial charge in [-0.15, -0.1) is 0 Å². The normalized spacial score (nSPS) is 17.0. The first-order valence-corrected chi connectivity index (χ1v) is 6.95. The van der Waals surface area contributed by atoms with Gasteiger partial charge in [-0.3, -0.25) is 0 Å². The molecule has 2 N–H and O–H groups in total. The smallest absolute Gasteiger partial charge is 0.133 e. The Balaban J connectivity index is 1.93. The van der Waals surface area contributed by atoms with Crippen LogP contribution in [0.4, 0.5) is 0 Å². The molecule has 0 saturated carbocycles. The molecule has 21 heavy (non-hydrogen) atoms. The van der Waals surface area contributed by atoms with Crippen molar-refractivity contribution in [2.75, 3.05) is 7.11 Å². The molecule has 1 unspecified atom stereocenters. The first-order valence-electron chi connectivity index (χ1n) is 6.95. The lowest BCUT2D eigenvalue weighted by Crippen LogP contribution is -2.16. The zero-order valence-electron chi connectivity index (χ0n) is 12.1. The zero-order chi connectivity index (χ0) is 15.0. The minimum Gasteiger partial charge on any atom is -0.507 e. The van der Waals surface area contributed by atoms with Crippen molar-refractivity contribution in [2.24, 2.45) is 0 Å². The van der Waals surface area contributed by atoms with Crippen molar-refractivity contribution in [1.82, 2.24) is 0 Å². The number of ether oxygens (including phenoxy) is 2. The quantitative estimate of drug-likeness (QED) is 0.887. The first-order chi connectivity index (χ1) is 10.1. The molecule has 0 amide bonds. The van der Waals surface area contributed by atoms with Gasteiger partial charge in [0.05, 0.1) is 7.11 Å². The van der Waals surface area contributed by atoms with E-state index >= 15 is 0 Å². The summed E-state index contributed by atoms with van der Waals surface area (Å²) in [5.74, 6) is 1.56. The first kappa shape index (κ1) is 13.6. The number of phenolic OH excluding ortho intramolecular Hbond substituents is 2. The molecule has 0 bridgehead atoms. The van der Waals surface area contributed by atoms with Crippen molar-refractivity contribution >= 4 is 0 Å². The van der Waals surface area contributed by atoms with Gasteiger partial charge in [-0.2, -0.15) is 0 Å². The number of aromatic hydroxyl groups is 2. The van der Waals surface area contributed by atoms with Crippen LogP contribution in [-0.2, 0) is 6.42 Å². The molecule has 0 spiro atoms. The highest BCUT2D eigenvalue weighted by atomic mass is 16.5. The Morgan fingerprint density at radius 1 is 1.14 bits per heavy atom. The van der Waals surface area contributed by atoms with Gasteiger partial charge in [0.25, 0.3) is 0 Å². The number of methoxy groups -OCH3 is 1. The summed E-state index contributed by atoms with van der Waals surface area (Å²) in [6.45, 7) is 1.80. The van der Waals surface area contributed by atoms with E-state index < -0.39 is 0 Å². The van der Waals surface area contributed by atoms with E-state index in [1.54, 1.807) is 14.0 Å². The Morgan fingerprint density at radius 3 is 2.52 bits per heavy atom. The van der Waals surface area contributed by atoms with Gasteiger partial charge in [-0.05, 0) is 37.5 Å². The van der Waals surface area contributed by atoms with Gasteiger partial charge < -0.3 is 19.7 Å². The van der Waals surface area contributed by atoms with Crippen LogP contribution in [0, 0.1) is 6.92 Å². The van der Waals surface area contributed by atoms with Crippen molar-refractivity contribution in [3.05, 3.63) is 47.0 Å². The van der Waals surface area contributed by atoms with Crippen molar-refractivity contribution in [3.8, 4) is 23.0 Å². The summed E-state index contributed by atoms with van der Waals surface area (Å²) in [4.78, 5) is 0. The molecule has 1 aliphatic rings. The van der Waals surface area contributed by atoms with E-state index in [-0.39, 0.29) is 17.6 Å². The monoisotopic (exact) mass is 286 g/mol. The second-order valence-corrected chi connectivity index (χ2v) is 5.27. The van der Waals surface area contributed by atoms with Crippen LogP contribution >= 0.6 is 0 Å². The Bertz CT molecular complexity index is 661. The third kappa shape index (κ3) is 2.37. The molecule has 1 heterocycles. The van der Waals surface area contributed by atoms with Crippen molar-refractivity contribution in [2.45, 2.75) is 25.9 Å². The van der Waals surface area contributed by atoms with Gasteiger partial charge in [-0.1, -0.05) is 12.1 Å². The van der Waals surface area contributed by atoms with Crippen molar-refractivity contribution in [3.63, 3.8) is 0 Å². The van der Waals surface area contributed by atoms with Gasteiger partial charge in [0.2, 0.25) is 0 Å². The second kappa shape index (κ2) is 5.20. The summed E-state index contributed by atoms with van der Waals surface area (Å²) in [6, 6.07) is 9.15. The van der Waals surface area contributed by atoms with E-state index in [1.807, 2.05) is 24.3 Å². The van der Waals surface area contributed by atoms with E-state index in [1.165, 1.54) is 6.07 Å². The van der Waals surface area contributed by atoms with Gasteiger partial charge in [0.1, 0.15) is 29.1 Å². The van der Waals surface area contributed by atoms with E-state index in [9.17, 15) is 10.2 Å². The third-order valence-electron chi connectivity index (χ3n) is 3.99. The number of rotatable bonds is 2. The van der Waals surface area contributed by atoms with Crippen LogP contribution in [0.5, 0.6) is 23.0 Å². The topological polar surface area (TPSA) is 58.9 Å². The summed E-state index contributed by atoms with van der Waals surface area (Å²) >= 11 is 0. The molecule has 0 saturated heterocycles. The number of hydrogen-bond acceptors (Lipinski definition) is 4. The van der Waals surface area contributed by atoms with Crippen LogP contribution in [0.2, 0.25) is 0 Å². The summed E-state index contributed by atoms with van der Waals surface area (Å²) in [6.07, 6.45) is 1.43. The maximum atomic E-state index is 9.93. The summed E-state index contributed by atoms with van der Waals surface area (Å²) in [7, 11) is 1.64. The van der Waals surface area contributed by atoms with E-state index in [2.05, 4.69) is 0 Å². The molecule has 4 nitrogen and oxygen atoms in total. The fourth-order valence-electron chi connectivity index (χ4n) is 2.71. The van der Waals surface area contributed by atoms with E-state index in [0.717, 1.165) is 29.7 Å². The van der Waals surface area contributed by atoms with Gasteiger partial charge in [0, 0.05) is 17.2 Å². The average molecular weight is 286 g/mol. The van der Waals surface area contributed by atoms with Crippen LogP contribution in [0.1, 0.15) is 29.2 Å². The molecule has 0 fully saturated rings. The summed E-state index contributed by atoms with van der Waals surface area (Å²) in [5, 5.41) is 19.8. The number of phenols is 2. The lowest BCUT2D eigenvalue weighted by Gasteiger charge is -2.28. The Morgan fingerprint density at radius 2 is 1.86 bits per heavy atom. The number of hydrogen-bond donors (Lipinski definition) is 2. The summed E-state index contributed by atoms with van der Waals surface area (Å²) in [5.41, 5.74) is 2.50. The maximum absolute atomic E-state index is 9.93. The molecular formula is C17H18O4. The maximum Gasteiger partial charge on any atom is 0.133 e. The lowest BCUT2D eigenvalue weighted by molar-refractivity contribution is 0.172. The largest absolute Gasteiger partial charge is 0.507 e. The number of benzene rings is 2. The fraction of sp³-hybridized carbons (Fsp3) is 0.294. The average Bonchev–Trinajstić information content (AvgIpc) is 2.52. The van der Waals surface area contributed by atoms with E-state index in [4.69, 9.17) is 9.47 Å². The highest BCUT2D eigenvalue weighted by Gasteiger charge is 2.26. The molecule has 0 aliphatic carbocycles. The standard InChI is InChI=1S/C17H18O4/c1-10-14(18)9-15(19)13-7-8-16(21-17(10)13)11-3-5-12(20-2)6-4-11/h3-6,9,16,18-19H,7-8H2,1-2H3. The summed E-state index contributed by atoms with van der Waals surface area (Å²) < 4.78 is 11.2. The zero-order valence-corrected chi connectivity index (χ0v) is 12.1. The molecule has 3 rings (SSSR count). The van der Waals surface area contributed by atoms with Gasteiger partial charge in [-0.25, -0.2) is 0 Å². The molecule has 110 valence electrons. The second-order valence-electron chi connectivity index (χ2n) is 5.27. The molecule has 1 aliphatic heterocycles. The van der Waals surface area contributed by atoms with Crippen LogP contribution in [0.3, 0.4) is 0 Å². The minimum absolute atomic E-state index is 0.0571.